The highest BCUT2D eigenvalue weighted by atomic mass is 32.2. The molecule has 0 aliphatic carbocycles. The van der Waals surface area contributed by atoms with Crippen molar-refractivity contribution in [3.05, 3.63) is 17.9 Å². The van der Waals surface area contributed by atoms with E-state index >= 15 is 0 Å². The second-order valence-electron chi connectivity index (χ2n) is 5.25. The molecule has 8 heteroatoms. The summed E-state index contributed by atoms with van der Waals surface area (Å²) in [6.07, 6.45) is 3.27. The van der Waals surface area contributed by atoms with E-state index in [1.807, 2.05) is 4.90 Å². The number of sulfonamides is 1. The summed E-state index contributed by atoms with van der Waals surface area (Å²) in [5, 5.41) is 7.74. The first-order valence-electron chi connectivity index (χ1n) is 7.01. The van der Waals surface area contributed by atoms with Crippen LogP contribution in [0.4, 0.5) is 0 Å². The highest BCUT2D eigenvalue weighted by Gasteiger charge is 2.22. The summed E-state index contributed by atoms with van der Waals surface area (Å²) >= 11 is 0. The number of hydrogen-bond acceptors (Lipinski definition) is 5. The number of piperidine rings is 1. The smallest absolute Gasteiger partial charge is 0.271 e. The molecular formula is C13H21N3O4S. The lowest BCUT2D eigenvalue weighted by Gasteiger charge is -2.29. The number of rotatable bonds is 5. The Morgan fingerprint density at radius 1 is 1.38 bits per heavy atom. The molecule has 1 fully saturated rings. The maximum atomic E-state index is 12.2. The third kappa shape index (κ3) is 4.29. The molecule has 0 radical (unpaired) electrons. The first kappa shape index (κ1) is 16.0. The van der Waals surface area contributed by atoms with Crippen LogP contribution < -0.4 is 10.5 Å². The normalized spacial score (nSPS) is 17.7. The first-order chi connectivity index (χ1) is 9.88. The summed E-state index contributed by atoms with van der Waals surface area (Å²) < 4.78 is 27.3. The maximum Gasteiger partial charge on any atom is 0.271 e. The van der Waals surface area contributed by atoms with Crippen LogP contribution in [0.3, 0.4) is 0 Å². The minimum Gasteiger partial charge on any atom is -0.447 e. The van der Waals surface area contributed by atoms with Gasteiger partial charge in [-0.1, -0.05) is 0 Å². The molecule has 0 spiro atoms. The molecule has 118 valence electrons. The van der Waals surface area contributed by atoms with Gasteiger partial charge in [-0.2, -0.15) is 0 Å². The molecule has 2 heterocycles. The zero-order chi connectivity index (χ0) is 15.5. The Kier molecular flexibility index (Phi) is 5.02. The number of primary sulfonamides is 1. The van der Waals surface area contributed by atoms with E-state index in [1.54, 1.807) is 6.92 Å². The van der Waals surface area contributed by atoms with Crippen LogP contribution in [0, 0.1) is 0 Å². The Morgan fingerprint density at radius 3 is 2.62 bits per heavy atom. The molecule has 1 aliphatic heterocycles. The van der Waals surface area contributed by atoms with E-state index in [1.165, 1.54) is 18.6 Å². The van der Waals surface area contributed by atoms with Gasteiger partial charge in [-0.05, 0) is 38.3 Å². The summed E-state index contributed by atoms with van der Waals surface area (Å²) in [6, 6.07) is 2.50. The third-order valence-electron chi connectivity index (χ3n) is 3.54. The van der Waals surface area contributed by atoms with E-state index in [0.29, 0.717) is 5.76 Å². The monoisotopic (exact) mass is 315 g/mol. The molecule has 0 aromatic carbocycles. The van der Waals surface area contributed by atoms with Crippen LogP contribution >= 0.6 is 0 Å². The molecule has 1 aromatic rings. The zero-order valence-electron chi connectivity index (χ0n) is 12.0. The summed E-state index contributed by atoms with van der Waals surface area (Å²) in [4.78, 5) is 14.1. The average Bonchev–Trinajstić information content (AvgIpc) is 2.94. The van der Waals surface area contributed by atoms with Crippen molar-refractivity contribution in [2.75, 3.05) is 13.1 Å². The first-order valence-corrected chi connectivity index (χ1v) is 8.56. The fraction of sp³-hybridized carbons (Fsp3) is 0.615. The van der Waals surface area contributed by atoms with Crippen molar-refractivity contribution >= 4 is 15.9 Å². The van der Waals surface area contributed by atoms with E-state index < -0.39 is 10.0 Å². The summed E-state index contributed by atoms with van der Waals surface area (Å²) in [6.45, 7) is 3.68. The lowest BCUT2D eigenvalue weighted by Crippen LogP contribution is -2.46. The molecule has 7 nitrogen and oxygen atoms in total. The number of carbonyl (C=O) groups excluding carboxylic acids is 1. The lowest BCUT2D eigenvalue weighted by atomic mass is 10.1. The fourth-order valence-electron chi connectivity index (χ4n) is 2.34. The van der Waals surface area contributed by atoms with Crippen molar-refractivity contribution in [1.82, 2.24) is 10.2 Å². The van der Waals surface area contributed by atoms with Gasteiger partial charge >= 0.3 is 0 Å². The molecule has 1 atom stereocenters. The number of furan rings is 1. The highest BCUT2D eigenvalue weighted by molar-refractivity contribution is 7.89. The van der Waals surface area contributed by atoms with Gasteiger partial charge in [0.1, 0.15) is 5.76 Å². The molecule has 1 saturated heterocycles. The minimum atomic E-state index is -3.82. The van der Waals surface area contributed by atoms with Gasteiger partial charge in [0, 0.05) is 13.1 Å². The predicted octanol–water partition coefficient (Wildman–Crippen LogP) is 0.418. The Hall–Kier alpha value is -1.38. The number of nitrogens with one attached hydrogen (secondary N) is 1. The number of nitrogens with zero attached hydrogens (tertiary/aromatic N) is 1. The Balaban J connectivity index is 1.87. The van der Waals surface area contributed by atoms with E-state index in [4.69, 9.17) is 9.56 Å². The second kappa shape index (κ2) is 6.59. The van der Waals surface area contributed by atoms with Gasteiger partial charge in [-0.25, -0.2) is 13.6 Å². The van der Waals surface area contributed by atoms with Gasteiger partial charge in [0.25, 0.3) is 10.0 Å². The molecule has 1 unspecified atom stereocenters. The lowest BCUT2D eigenvalue weighted by molar-refractivity contribution is -0.134. The van der Waals surface area contributed by atoms with E-state index in [9.17, 15) is 13.2 Å². The van der Waals surface area contributed by atoms with Crippen molar-refractivity contribution < 1.29 is 17.6 Å². The topological polar surface area (TPSA) is 106 Å². The van der Waals surface area contributed by atoms with Crippen LogP contribution in [0.2, 0.25) is 0 Å². The third-order valence-corrected chi connectivity index (χ3v) is 4.32. The number of hydrogen-bond donors (Lipinski definition) is 2. The van der Waals surface area contributed by atoms with Crippen molar-refractivity contribution in [1.29, 1.82) is 0 Å². The predicted molar refractivity (Wildman–Crippen MR) is 76.8 cm³/mol. The maximum absolute atomic E-state index is 12.2. The van der Waals surface area contributed by atoms with E-state index in [-0.39, 0.29) is 23.6 Å². The molecule has 3 N–H and O–H groups in total. The molecule has 1 aliphatic rings. The van der Waals surface area contributed by atoms with Crippen molar-refractivity contribution in [2.45, 2.75) is 43.9 Å². The quantitative estimate of drug-likeness (QED) is 0.819. The molecule has 0 saturated carbocycles. The second-order valence-corrected chi connectivity index (χ2v) is 6.75. The summed E-state index contributed by atoms with van der Waals surface area (Å²) in [5.41, 5.74) is 0. The molecule has 21 heavy (non-hydrogen) atoms. The van der Waals surface area contributed by atoms with E-state index in [2.05, 4.69) is 5.32 Å². The van der Waals surface area contributed by atoms with Crippen LogP contribution in [-0.2, 0) is 21.4 Å². The number of carbonyl (C=O) groups is 1. The average molecular weight is 315 g/mol. The summed E-state index contributed by atoms with van der Waals surface area (Å²) in [5.74, 6) is 0.491. The molecule has 0 bridgehead atoms. The molecule has 2 rings (SSSR count). The summed E-state index contributed by atoms with van der Waals surface area (Å²) in [7, 11) is -3.82. The van der Waals surface area contributed by atoms with Crippen LogP contribution in [0.1, 0.15) is 31.9 Å². The van der Waals surface area contributed by atoms with Gasteiger partial charge < -0.3 is 9.32 Å². The van der Waals surface area contributed by atoms with Crippen LogP contribution in [0.15, 0.2) is 21.6 Å². The van der Waals surface area contributed by atoms with Crippen molar-refractivity contribution in [2.24, 2.45) is 5.14 Å². The van der Waals surface area contributed by atoms with Crippen LogP contribution in [-0.4, -0.2) is 38.4 Å². The minimum absolute atomic E-state index is 0.0629. The van der Waals surface area contributed by atoms with Crippen LogP contribution in [0.25, 0.3) is 0 Å². The van der Waals surface area contributed by atoms with Crippen molar-refractivity contribution in [3.63, 3.8) is 0 Å². The van der Waals surface area contributed by atoms with E-state index in [0.717, 1.165) is 25.9 Å². The number of amides is 1. The molecular weight excluding hydrogens is 294 g/mol. The van der Waals surface area contributed by atoms with Crippen molar-refractivity contribution in [3.8, 4) is 0 Å². The standard InChI is InChI=1S/C13H21N3O4S/c1-10(13(17)16-7-3-2-4-8-16)15-9-11-5-6-12(20-11)21(14,18)19/h5-6,10,15H,2-4,7-9H2,1H3,(H2,14,18,19). The van der Waals surface area contributed by atoms with Gasteiger partial charge in [-0.15, -0.1) is 0 Å². The van der Waals surface area contributed by atoms with Gasteiger partial charge in [0.15, 0.2) is 0 Å². The Morgan fingerprint density at radius 2 is 2.05 bits per heavy atom. The number of nitrogens with two attached hydrogens (primary N) is 1. The molecule has 1 amide bonds. The van der Waals surface area contributed by atoms with Gasteiger partial charge in [0.05, 0.1) is 12.6 Å². The van der Waals surface area contributed by atoms with Crippen LogP contribution in [0.5, 0.6) is 0 Å². The highest BCUT2D eigenvalue weighted by Crippen LogP contribution is 2.13. The molecule has 1 aromatic heterocycles. The number of likely N-dealkylation sites (tertiary alicyclic amines) is 1. The Labute approximate surface area is 124 Å². The van der Waals surface area contributed by atoms with Gasteiger partial charge in [0.2, 0.25) is 11.0 Å². The van der Waals surface area contributed by atoms with Gasteiger partial charge in [-0.3, -0.25) is 10.1 Å². The largest absolute Gasteiger partial charge is 0.447 e. The fourth-order valence-corrected chi connectivity index (χ4v) is 2.82. The SMILES string of the molecule is CC(NCc1ccc(S(N)(=O)=O)o1)C(=O)N1CCCCC1. The zero-order valence-corrected chi connectivity index (χ0v) is 12.9. The Bertz CT molecular complexity index is 590.